The number of nitrogens with one attached hydrogen (secondary N) is 1. The van der Waals surface area contributed by atoms with Crippen molar-refractivity contribution in [1.82, 2.24) is 24.9 Å². The fourth-order valence-corrected chi connectivity index (χ4v) is 3.91. The van der Waals surface area contributed by atoms with Crippen LogP contribution < -0.4 is 5.32 Å². The van der Waals surface area contributed by atoms with Crippen LogP contribution in [0.1, 0.15) is 40.8 Å². The first-order chi connectivity index (χ1) is 11.0. The Labute approximate surface area is 139 Å². The molecule has 3 rings (SSSR count). The number of anilines is 1. The summed E-state index contributed by atoms with van der Waals surface area (Å²) in [5.74, 6) is -0.0350. The van der Waals surface area contributed by atoms with Gasteiger partial charge in [-0.25, -0.2) is 0 Å². The summed E-state index contributed by atoms with van der Waals surface area (Å²) in [5.41, 5.74) is 3.51. The predicted molar refractivity (Wildman–Crippen MR) is 89.5 cm³/mol. The molecule has 1 N–H and O–H groups in total. The maximum atomic E-state index is 12.3. The van der Waals surface area contributed by atoms with E-state index in [2.05, 4.69) is 32.4 Å². The van der Waals surface area contributed by atoms with Crippen LogP contribution >= 0.6 is 11.3 Å². The molecule has 1 amide bonds. The molecule has 2 aromatic heterocycles. The van der Waals surface area contributed by atoms with E-state index in [9.17, 15) is 4.79 Å². The maximum Gasteiger partial charge on any atom is 0.240 e. The van der Waals surface area contributed by atoms with E-state index in [-0.39, 0.29) is 11.9 Å². The average molecular weight is 334 g/mol. The fourth-order valence-electron chi connectivity index (χ4n) is 3.30. The Balaban J connectivity index is 1.70. The minimum atomic E-state index is -0.0350. The molecule has 0 unspecified atom stereocenters. The number of hydrogen-bond donors (Lipinski definition) is 1. The first-order valence-corrected chi connectivity index (χ1v) is 8.61. The zero-order chi connectivity index (χ0) is 16.6. The number of rotatable bonds is 4. The summed E-state index contributed by atoms with van der Waals surface area (Å²) >= 11 is 1.39. The van der Waals surface area contributed by atoms with E-state index >= 15 is 0 Å². The third-order valence-corrected chi connectivity index (χ3v) is 5.14. The van der Waals surface area contributed by atoms with Crippen LogP contribution in [0.4, 0.5) is 5.13 Å². The number of amides is 1. The molecule has 0 saturated carbocycles. The molecule has 0 spiro atoms. The van der Waals surface area contributed by atoms with Gasteiger partial charge in [-0.1, -0.05) is 11.3 Å². The first-order valence-electron chi connectivity index (χ1n) is 7.80. The predicted octanol–water partition coefficient (Wildman–Crippen LogP) is 1.97. The highest BCUT2D eigenvalue weighted by Gasteiger charge is 2.31. The summed E-state index contributed by atoms with van der Waals surface area (Å²) < 4.78 is 1.92. The highest BCUT2D eigenvalue weighted by atomic mass is 32.1. The summed E-state index contributed by atoms with van der Waals surface area (Å²) in [5, 5.41) is 16.6. The standard InChI is InChI=1S/C15H22N6OS/c1-9-14(10(2)20(4)19-9)12-6-5-7-21(12)8-13(22)16-15-18-17-11(3)23-15/h12H,5-8H2,1-4H3,(H,16,18,22)/t12-/m0/s1. The molecule has 2 aromatic rings. The van der Waals surface area contributed by atoms with Crippen molar-refractivity contribution in [3.05, 3.63) is 22.0 Å². The van der Waals surface area contributed by atoms with Gasteiger partial charge in [0.25, 0.3) is 0 Å². The second-order valence-corrected chi connectivity index (χ2v) is 7.19. The second kappa shape index (κ2) is 6.37. The number of likely N-dealkylation sites (tertiary alicyclic amines) is 1. The maximum absolute atomic E-state index is 12.3. The number of hydrogen-bond acceptors (Lipinski definition) is 6. The lowest BCUT2D eigenvalue weighted by Gasteiger charge is -2.24. The Morgan fingerprint density at radius 1 is 1.35 bits per heavy atom. The molecule has 0 aliphatic carbocycles. The number of nitrogens with zero attached hydrogens (tertiary/aromatic N) is 5. The van der Waals surface area contributed by atoms with Crippen LogP contribution in [0.3, 0.4) is 0 Å². The summed E-state index contributed by atoms with van der Waals surface area (Å²) in [6.07, 6.45) is 2.17. The Hall–Kier alpha value is -1.80. The van der Waals surface area contributed by atoms with Crippen LogP contribution in [0.5, 0.6) is 0 Å². The van der Waals surface area contributed by atoms with Crippen molar-refractivity contribution in [2.75, 3.05) is 18.4 Å². The largest absolute Gasteiger partial charge is 0.299 e. The number of aryl methyl sites for hydroxylation is 3. The van der Waals surface area contributed by atoms with E-state index in [1.54, 1.807) is 0 Å². The fraction of sp³-hybridized carbons (Fsp3) is 0.600. The minimum Gasteiger partial charge on any atom is -0.299 e. The molecular weight excluding hydrogens is 312 g/mol. The van der Waals surface area contributed by atoms with Gasteiger partial charge in [0.15, 0.2) is 0 Å². The third kappa shape index (κ3) is 3.28. The first kappa shape index (κ1) is 16.1. The monoisotopic (exact) mass is 334 g/mol. The summed E-state index contributed by atoms with van der Waals surface area (Å²) in [6, 6.07) is 0.269. The minimum absolute atomic E-state index is 0.0350. The summed E-state index contributed by atoms with van der Waals surface area (Å²) in [7, 11) is 1.97. The summed E-state index contributed by atoms with van der Waals surface area (Å²) in [4.78, 5) is 14.5. The van der Waals surface area contributed by atoms with Crippen LogP contribution in [0.15, 0.2) is 0 Å². The van der Waals surface area contributed by atoms with E-state index in [1.807, 2.05) is 25.6 Å². The van der Waals surface area contributed by atoms with Gasteiger partial charge in [0.1, 0.15) is 5.01 Å². The lowest BCUT2D eigenvalue weighted by atomic mass is 10.0. The molecule has 124 valence electrons. The molecule has 23 heavy (non-hydrogen) atoms. The van der Waals surface area contributed by atoms with E-state index in [4.69, 9.17) is 0 Å². The average Bonchev–Trinajstić information content (AvgIpc) is 3.14. The van der Waals surface area contributed by atoms with Crippen LogP contribution in [-0.2, 0) is 11.8 Å². The molecule has 0 bridgehead atoms. The van der Waals surface area contributed by atoms with Gasteiger partial charge in [-0.05, 0) is 40.2 Å². The Kier molecular flexibility index (Phi) is 4.45. The smallest absolute Gasteiger partial charge is 0.240 e. The highest BCUT2D eigenvalue weighted by Crippen LogP contribution is 2.35. The van der Waals surface area contributed by atoms with Gasteiger partial charge in [0.2, 0.25) is 11.0 Å². The van der Waals surface area contributed by atoms with Gasteiger partial charge in [-0.2, -0.15) is 5.10 Å². The summed E-state index contributed by atoms with van der Waals surface area (Å²) in [6.45, 7) is 7.31. The molecule has 0 aromatic carbocycles. The van der Waals surface area contributed by atoms with Crippen LogP contribution in [0.25, 0.3) is 0 Å². The van der Waals surface area contributed by atoms with E-state index in [0.717, 1.165) is 30.1 Å². The SMILES string of the molecule is Cc1nnc(NC(=O)CN2CCC[C@H]2c2c(C)nn(C)c2C)s1. The van der Waals surface area contributed by atoms with Crippen LogP contribution in [0.2, 0.25) is 0 Å². The van der Waals surface area contributed by atoms with Crippen LogP contribution in [-0.4, -0.2) is 43.9 Å². The molecule has 3 heterocycles. The molecule has 1 atom stereocenters. The lowest BCUT2D eigenvalue weighted by Crippen LogP contribution is -2.33. The molecular formula is C15H22N6OS. The molecule has 1 fully saturated rings. The van der Waals surface area contributed by atoms with Crippen LogP contribution in [0, 0.1) is 20.8 Å². The number of carbonyl (C=O) groups is 1. The number of carbonyl (C=O) groups excluding carboxylic acids is 1. The Bertz CT molecular complexity index is 722. The molecule has 1 aliphatic rings. The van der Waals surface area contributed by atoms with Gasteiger partial charge < -0.3 is 0 Å². The Morgan fingerprint density at radius 2 is 2.13 bits per heavy atom. The van der Waals surface area contributed by atoms with E-state index < -0.39 is 0 Å². The molecule has 0 radical (unpaired) electrons. The van der Waals surface area contributed by atoms with Crippen molar-refractivity contribution in [3.63, 3.8) is 0 Å². The second-order valence-electron chi connectivity index (χ2n) is 6.01. The van der Waals surface area contributed by atoms with Gasteiger partial charge in [0.05, 0.1) is 12.2 Å². The van der Waals surface area contributed by atoms with Crippen molar-refractivity contribution in [2.24, 2.45) is 7.05 Å². The van der Waals surface area contributed by atoms with Gasteiger partial charge in [-0.15, -0.1) is 10.2 Å². The number of aromatic nitrogens is 4. The van der Waals surface area contributed by atoms with Gasteiger partial charge >= 0.3 is 0 Å². The molecule has 1 saturated heterocycles. The highest BCUT2D eigenvalue weighted by molar-refractivity contribution is 7.15. The molecule has 1 aliphatic heterocycles. The van der Waals surface area contributed by atoms with Crippen molar-refractivity contribution in [2.45, 2.75) is 39.7 Å². The van der Waals surface area contributed by atoms with Gasteiger partial charge in [-0.3, -0.25) is 19.7 Å². The topological polar surface area (TPSA) is 75.9 Å². The normalized spacial score (nSPS) is 18.5. The van der Waals surface area contributed by atoms with E-state index in [0.29, 0.717) is 11.7 Å². The van der Waals surface area contributed by atoms with Crippen molar-refractivity contribution >= 4 is 22.4 Å². The van der Waals surface area contributed by atoms with Crippen molar-refractivity contribution in [3.8, 4) is 0 Å². The van der Waals surface area contributed by atoms with Gasteiger partial charge in [0, 0.05) is 24.3 Å². The lowest BCUT2D eigenvalue weighted by molar-refractivity contribution is -0.117. The van der Waals surface area contributed by atoms with E-state index in [1.165, 1.54) is 22.6 Å². The Morgan fingerprint density at radius 3 is 2.74 bits per heavy atom. The molecule has 7 nitrogen and oxygen atoms in total. The zero-order valence-corrected chi connectivity index (χ0v) is 14.8. The quantitative estimate of drug-likeness (QED) is 0.925. The zero-order valence-electron chi connectivity index (χ0n) is 14.0. The third-order valence-electron chi connectivity index (χ3n) is 4.38. The van der Waals surface area contributed by atoms with Crippen molar-refractivity contribution < 1.29 is 4.79 Å². The van der Waals surface area contributed by atoms with Crippen molar-refractivity contribution in [1.29, 1.82) is 0 Å². The molecule has 8 heteroatoms.